The van der Waals surface area contributed by atoms with Crippen LogP contribution in [0, 0.1) is 0 Å². The highest BCUT2D eigenvalue weighted by molar-refractivity contribution is 9.10. The molecule has 0 fully saturated rings. The van der Waals surface area contributed by atoms with E-state index in [9.17, 15) is 0 Å². The molecule has 3 rings (SSSR count). The first-order valence-electron chi connectivity index (χ1n) is 9.25. The molecular formula is C21H26BrN5. The molecule has 3 N–H and O–H groups in total. The van der Waals surface area contributed by atoms with Crippen molar-refractivity contribution < 1.29 is 0 Å². The lowest BCUT2D eigenvalue weighted by atomic mass is 10.1. The number of nitrogens with zero attached hydrogens (tertiary/aromatic N) is 3. The van der Waals surface area contributed by atoms with E-state index in [2.05, 4.69) is 68.3 Å². The van der Waals surface area contributed by atoms with E-state index in [4.69, 9.17) is 5.73 Å². The largest absolute Gasteiger partial charge is 0.361 e. The highest BCUT2D eigenvalue weighted by Gasteiger charge is 2.17. The molecule has 5 nitrogen and oxygen atoms in total. The lowest BCUT2D eigenvalue weighted by molar-refractivity contribution is 0.320. The first-order chi connectivity index (χ1) is 13.1. The van der Waals surface area contributed by atoms with Gasteiger partial charge in [-0.25, -0.2) is 9.97 Å². The topological polar surface area (TPSA) is 67.1 Å². The fraction of sp³-hybridized carbons (Fsp3) is 0.333. The van der Waals surface area contributed by atoms with Gasteiger partial charge < -0.3 is 16.0 Å². The molecule has 0 bridgehead atoms. The number of likely N-dealkylation sites (N-methyl/N-ethyl adjacent to an activating group) is 1. The number of para-hydroxylation sites is 1. The number of hydrogen-bond acceptors (Lipinski definition) is 5. The van der Waals surface area contributed by atoms with Crippen LogP contribution in [-0.4, -0.2) is 35.0 Å². The van der Waals surface area contributed by atoms with E-state index >= 15 is 0 Å². The number of benzene rings is 2. The van der Waals surface area contributed by atoms with Gasteiger partial charge in [0.05, 0.1) is 11.6 Å². The molecule has 6 heteroatoms. The Morgan fingerprint density at radius 2 is 2.00 bits per heavy atom. The Kier molecular flexibility index (Phi) is 6.77. The van der Waals surface area contributed by atoms with Gasteiger partial charge in [0, 0.05) is 22.9 Å². The molecule has 0 spiro atoms. The van der Waals surface area contributed by atoms with Gasteiger partial charge in [-0.05, 0) is 49.3 Å². The molecule has 0 saturated carbocycles. The van der Waals surface area contributed by atoms with E-state index in [1.165, 1.54) is 5.56 Å². The lowest BCUT2D eigenvalue weighted by Gasteiger charge is -2.26. The van der Waals surface area contributed by atoms with E-state index in [0.29, 0.717) is 6.54 Å². The molecule has 1 heterocycles. The van der Waals surface area contributed by atoms with Crippen molar-refractivity contribution in [1.29, 1.82) is 0 Å². The minimum atomic E-state index is 0.110. The van der Waals surface area contributed by atoms with Crippen molar-refractivity contribution in [2.75, 3.05) is 25.5 Å². The zero-order valence-corrected chi connectivity index (χ0v) is 17.4. The number of aromatic nitrogens is 2. The predicted octanol–water partition coefficient (Wildman–Crippen LogP) is 4.35. The van der Waals surface area contributed by atoms with Gasteiger partial charge in [0.1, 0.15) is 12.1 Å². The average molecular weight is 428 g/mol. The molecule has 0 aliphatic rings. The summed E-state index contributed by atoms with van der Waals surface area (Å²) in [5.74, 6) is 0.838. The van der Waals surface area contributed by atoms with Crippen molar-refractivity contribution in [1.82, 2.24) is 14.9 Å². The molecule has 0 amide bonds. The molecule has 2 aromatic carbocycles. The van der Waals surface area contributed by atoms with Crippen molar-refractivity contribution in [3.63, 3.8) is 0 Å². The first-order valence-corrected chi connectivity index (χ1v) is 10.0. The third kappa shape index (κ3) is 4.83. The maximum Gasteiger partial charge on any atom is 0.137 e. The summed E-state index contributed by atoms with van der Waals surface area (Å²) in [7, 11) is 2.15. The van der Waals surface area contributed by atoms with Gasteiger partial charge in [-0.3, -0.25) is 0 Å². The first kappa shape index (κ1) is 19.7. The monoisotopic (exact) mass is 427 g/mol. The molecular weight excluding hydrogens is 402 g/mol. The van der Waals surface area contributed by atoms with Crippen molar-refractivity contribution in [3.8, 4) is 0 Å². The molecule has 27 heavy (non-hydrogen) atoms. The fourth-order valence-corrected chi connectivity index (χ4v) is 3.75. The summed E-state index contributed by atoms with van der Waals surface area (Å²) >= 11 is 3.59. The van der Waals surface area contributed by atoms with Crippen molar-refractivity contribution in [3.05, 3.63) is 64.4 Å². The van der Waals surface area contributed by atoms with E-state index in [1.54, 1.807) is 6.33 Å². The third-order valence-corrected chi connectivity index (χ3v) is 5.12. The van der Waals surface area contributed by atoms with Gasteiger partial charge in [0.15, 0.2) is 0 Å². The standard InChI is InChI=1S/C21H26BrN5/c1-3-10-27(2)13-19(15-6-4-8-17(22)11-15)26-21-18-9-5-7-16(12-23)20(18)24-14-25-21/h4-9,11,14,19H,3,10,12-13,23H2,1-2H3,(H,24,25,26)/t19-/m1/s1. The maximum atomic E-state index is 5.88. The van der Waals surface area contributed by atoms with E-state index in [1.807, 2.05) is 24.3 Å². The zero-order chi connectivity index (χ0) is 19.2. The quantitative estimate of drug-likeness (QED) is 0.559. The molecule has 0 radical (unpaired) electrons. The Labute approximate surface area is 169 Å². The summed E-state index contributed by atoms with van der Waals surface area (Å²) in [6.07, 6.45) is 2.73. The zero-order valence-electron chi connectivity index (χ0n) is 15.8. The number of anilines is 1. The second kappa shape index (κ2) is 9.26. The summed E-state index contributed by atoms with van der Waals surface area (Å²) in [6.45, 7) is 4.59. The Morgan fingerprint density at radius 1 is 1.19 bits per heavy atom. The smallest absolute Gasteiger partial charge is 0.137 e. The maximum absolute atomic E-state index is 5.88. The van der Waals surface area contributed by atoms with Crippen LogP contribution in [0.2, 0.25) is 0 Å². The second-order valence-electron chi connectivity index (χ2n) is 6.75. The number of halogens is 1. The number of fused-ring (bicyclic) bond motifs is 1. The van der Waals surface area contributed by atoms with Gasteiger partial charge in [-0.1, -0.05) is 47.1 Å². The lowest BCUT2D eigenvalue weighted by Crippen LogP contribution is -2.29. The van der Waals surface area contributed by atoms with Gasteiger partial charge in [-0.15, -0.1) is 0 Å². The highest BCUT2D eigenvalue weighted by Crippen LogP contribution is 2.27. The Hall–Kier alpha value is -2.02. The number of rotatable bonds is 8. The van der Waals surface area contributed by atoms with Gasteiger partial charge in [0.25, 0.3) is 0 Å². The Bertz CT molecular complexity index is 899. The van der Waals surface area contributed by atoms with Crippen LogP contribution in [0.25, 0.3) is 10.9 Å². The minimum absolute atomic E-state index is 0.110. The fourth-order valence-electron chi connectivity index (χ4n) is 3.34. The van der Waals surface area contributed by atoms with Crippen LogP contribution in [0.15, 0.2) is 53.3 Å². The van der Waals surface area contributed by atoms with Crippen molar-refractivity contribution in [2.24, 2.45) is 5.73 Å². The molecule has 0 aliphatic carbocycles. The van der Waals surface area contributed by atoms with Crippen LogP contribution in [-0.2, 0) is 6.54 Å². The van der Waals surface area contributed by atoms with Crippen LogP contribution in [0.4, 0.5) is 5.82 Å². The van der Waals surface area contributed by atoms with Crippen LogP contribution < -0.4 is 11.1 Å². The normalized spacial score (nSPS) is 12.5. The average Bonchev–Trinajstić information content (AvgIpc) is 2.67. The van der Waals surface area contributed by atoms with Crippen LogP contribution >= 0.6 is 15.9 Å². The summed E-state index contributed by atoms with van der Waals surface area (Å²) < 4.78 is 1.07. The van der Waals surface area contributed by atoms with Gasteiger partial charge >= 0.3 is 0 Å². The summed E-state index contributed by atoms with van der Waals surface area (Å²) in [6, 6.07) is 14.6. The summed E-state index contributed by atoms with van der Waals surface area (Å²) in [5.41, 5.74) is 9.04. The van der Waals surface area contributed by atoms with Gasteiger partial charge in [-0.2, -0.15) is 0 Å². The minimum Gasteiger partial charge on any atom is -0.361 e. The SMILES string of the molecule is CCCN(C)C[C@@H](Nc1ncnc2c(CN)cccc12)c1cccc(Br)c1. The van der Waals surface area contributed by atoms with Crippen LogP contribution in [0.1, 0.15) is 30.5 Å². The summed E-state index contributed by atoms with van der Waals surface area (Å²) in [4.78, 5) is 11.3. The number of nitrogens with two attached hydrogens (primary N) is 1. The third-order valence-electron chi connectivity index (χ3n) is 4.63. The molecule has 0 saturated heterocycles. The van der Waals surface area contributed by atoms with E-state index < -0.39 is 0 Å². The highest BCUT2D eigenvalue weighted by atomic mass is 79.9. The van der Waals surface area contributed by atoms with Crippen LogP contribution in [0.5, 0.6) is 0 Å². The van der Waals surface area contributed by atoms with E-state index in [-0.39, 0.29) is 6.04 Å². The Balaban J connectivity index is 1.97. The number of hydrogen-bond donors (Lipinski definition) is 2. The number of nitrogens with one attached hydrogen (secondary N) is 1. The second-order valence-corrected chi connectivity index (χ2v) is 7.67. The molecule has 1 atom stereocenters. The Morgan fingerprint density at radius 3 is 2.74 bits per heavy atom. The van der Waals surface area contributed by atoms with Crippen molar-refractivity contribution in [2.45, 2.75) is 25.9 Å². The van der Waals surface area contributed by atoms with Crippen LogP contribution in [0.3, 0.4) is 0 Å². The molecule has 0 aliphatic heterocycles. The van der Waals surface area contributed by atoms with Gasteiger partial charge in [0.2, 0.25) is 0 Å². The summed E-state index contributed by atoms with van der Waals surface area (Å²) in [5, 5.41) is 4.65. The van der Waals surface area contributed by atoms with E-state index in [0.717, 1.165) is 46.3 Å². The van der Waals surface area contributed by atoms with Crippen molar-refractivity contribution >= 4 is 32.7 Å². The molecule has 3 aromatic rings. The predicted molar refractivity (Wildman–Crippen MR) is 116 cm³/mol. The molecule has 1 aromatic heterocycles. The molecule has 0 unspecified atom stereocenters. The molecule has 142 valence electrons.